The summed E-state index contributed by atoms with van der Waals surface area (Å²) < 4.78 is 453. The van der Waals surface area contributed by atoms with Crippen LogP contribution in [0.15, 0.2) is 0 Å². The zero-order chi connectivity index (χ0) is 89.1. The molecule has 0 spiro atoms. The molecule has 0 atom stereocenters. The van der Waals surface area contributed by atoms with Gasteiger partial charge in [0.2, 0.25) is 41.7 Å². The maximum Gasteiger partial charge on any atom is 1.00 e. The second kappa shape index (κ2) is 47.5. The Balaban J connectivity index is 0.000000657. The molecule has 6 aromatic rings. The van der Waals surface area contributed by atoms with E-state index in [-0.39, 0.29) is 118 Å². The zero-order valence-corrected chi connectivity index (χ0v) is 68.2. The standard InChI is InChI=1S/C35H31F15N2O5.C19H13ClF10NO3.C16H18F5NO2.CH3F.2BrH.Na/c1-51(12-16-20(36)26(42)32(48)27(43)21(16)37,13-17-22(38)28(44)33(49)29(45)23(17)39)10-11-55-35(54)57-15-56-19(53)6-5-9-52(7-3-2-4-8-52)14-18-24(40)30(46)34(50)31(47)25(18)41;1-31(2-3-33-19(32)34-6-20,4-7-9(21)13(25)17(29)14(26)10(7)22)5-8-11(23)15(27)18(30)16(28)12(8)24;17-12-10(13(18)15(20)16(21)14(12)19)9-22(6-2-1-3-7-22)8-4-5-11(23)24;1-2;;;/h2-15H2,1H3;2-6H2,1H3;1-9H2;1H3;2*1H;/q+2;+1;;;;;+1/p-2/i;;;1D;;;. The van der Waals surface area contributed by atoms with Crippen LogP contribution in [0.2, 0.25) is 0 Å². The predicted molar refractivity (Wildman–Crippen MR) is 336 cm³/mol. The van der Waals surface area contributed by atoms with Crippen LogP contribution >= 0.6 is 11.6 Å². The second-order valence-electron chi connectivity index (χ2n) is 26.9. The molecule has 0 aromatic heterocycles. The average Bonchev–Trinajstić information content (AvgIpc) is 0.810. The van der Waals surface area contributed by atoms with Gasteiger partial charge in [-0.3, -0.25) is 9.18 Å². The van der Waals surface area contributed by atoms with Crippen LogP contribution in [0.3, 0.4) is 0 Å². The molecule has 8 rings (SSSR count). The normalized spacial score (nSPS) is 13.6. The van der Waals surface area contributed by atoms with E-state index in [1.54, 1.807) is 0 Å². The molecule has 0 saturated carbocycles. The van der Waals surface area contributed by atoms with Crippen molar-refractivity contribution in [2.45, 2.75) is 103 Å². The molecule has 2 heterocycles. The molecular formula is C71H65Br2ClF31N4NaO10+2. The number of likely N-dealkylation sites (N-methyl/N-ethyl adjacent to an activating group) is 2. The summed E-state index contributed by atoms with van der Waals surface area (Å²) in [5, 5.41) is 10.6. The van der Waals surface area contributed by atoms with Crippen LogP contribution in [0.25, 0.3) is 0 Å². The quantitative estimate of drug-likeness (QED) is 0.00521. The minimum atomic E-state index is -2.55. The van der Waals surface area contributed by atoms with Gasteiger partial charge in [-0.15, -0.1) is 0 Å². The van der Waals surface area contributed by atoms with Gasteiger partial charge < -0.3 is 85.5 Å². The minimum Gasteiger partial charge on any atom is -1.00 e. The topological polar surface area (TPSA) is 137 Å². The number of ether oxygens (including phenoxy) is 5. The van der Waals surface area contributed by atoms with Gasteiger partial charge in [-0.1, -0.05) is 11.6 Å². The summed E-state index contributed by atoms with van der Waals surface area (Å²) in [4.78, 5) is 46.3. The second-order valence-corrected chi connectivity index (χ2v) is 27.1. The van der Waals surface area contributed by atoms with E-state index < -0.39 is 320 Å². The van der Waals surface area contributed by atoms with Crippen LogP contribution in [0.1, 0.15) is 99.0 Å². The summed E-state index contributed by atoms with van der Waals surface area (Å²) in [5.74, 6) is -69.9. The van der Waals surface area contributed by atoms with Gasteiger partial charge in [-0.05, 0) is 44.9 Å². The molecule has 120 heavy (non-hydrogen) atoms. The monoisotopic (exact) mass is 1940 g/mol. The van der Waals surface area contributed by atoms with Crippen molar-refractivity contribution in [2.24, 2.45) is 0 Å². The van der Waals surface area contributed by atoms with Gasteiger partial charge in [0, 0.05) is 18.8 Å². The first-order valence-electron chi connectivity index (χ1n) is 34.5. The Hall–Kier alpha value is -7.28. The third kappa shape index (κ3) is 26.6. The predicted octanol–water partition coefficient (Wildman–Crippen LogP) is 8.14. The largest absolute Gasteiger partial charge is 1.00 e. The van der Waals surface area contributed by atoms with Gasteiger partial charge in [-0.25, -0.2) is 141 Å². The number of likely N-dealkylation sites (tertiary alicyclic amines) is 2. The number of carboxylic acid groups (broad SMARTS) is 1. The van der Waals surface area contributed by atoms with Crippen LogP contribution < -0.4 is 68.6 Å². The van der Waals surface area contributed by atoms with Crippen molar-refractivity contribution in [1.29, 1.82) is 0 Å². The molecule has 0 bridgehead atoms. The molecule has 0 N–H and O–H groups in total. The summed E-state index contributed by atoms with van der Waals surface area (Å²) in [5.41, 5.74) is -7.80. The fraction of sp³-hybridized carbons (Fsp3) is 0.437. The molecule has 0 radical (unpaired) electrons. The Morgan fingerprint density at radius 2 is 0.567 bits per heavy atom. The van der Waals surface area contributed by atoms with Gasteiger partial charge in [0.25, 0.3) is 0 Å². The van der Waals surface area contributed by atoms with E-state index >= 15 is 0 Å². The van der Waals surface area contributed by atoms with Crippen LogP contribution in [0.4, 0.5) is 146 Å². The van der Waals surface area contributed by atoms with Crippen molar-refractivity contribution in [3.8, 4) is 0 Å². The van der Waals surface area contributed by atoms with Crippen molar-refractivity contribution in [1.82, 2.24) is 0 Å². The zero-order valence-electron chi connectivity index (χ0n) is 63.2. The van der Waals surface area contributed by atoms with Gasteiger partial charge in [-0.2, -0.15) is 0 Å². The van der Waals surface area contributed by atoms with Crippen LogP contribution in [0, 0.1) is 175 Å². The SMILES string of the molecule is C[N+](CCOC(=O)OCCl)(Cc1c(F)c(F)c(F)c(F)c1F)Cc1c(F)c(F)c(F)c(F)c1F.C[N+](CCOC(=O)OCOC(=O)CCC[N+]1(Cc2c(F)c(F)c(F)c(F)c2F)CCCCC1)(Cc1c(F)c(F)c(F)c(F)c1F)Cc1c(F)c(F)c(F)c(F)c1F.O=C([O-])CCC[N+]1(Cc2c(F)c(F)c(F)c(F)c2F)CCCCC1.[2H]CF.[Br-].[Br-].[Na+]. The number of carbonyl (C=O) groups is 4. The number of piperidine rings is 2. The fourth-order valence-electron chi connectivity index (χ4n) is 12.8. The molecule has 0 amide bonds. The number of esters is 1. The number of hydrogen-bond acceptors (Lipinski definition) is 10. The maximum atomic E-state index is 14.6. The van der Waals surface area contributed by atoms with Gasteiger partial charge in [0.05, 0.1) is 102 Å². The molecule has 2 fully saturated rings. The average molecular weight is 1940 g/mol. The van der Waals surface area contributed by atoms with E-state index in [9.17, 15) is 160 Å². The summed E-state index contributed by atoms with van der Waals surface area (Å²) in [6.07, 6.45) is 0.929. The van der Waals surface area contributed by atoms with Crippen molar-refractivity contribution >= 4 is 35.9 Å². The Kier molecular flexibility index (Phi) is 42.4. The Labute approximate surface area is 710 Å². The molecule has 49 heteroatoms. The maximum absolute atomic E-state index is 14.6. The summed E-state index contributed by atoms with van der Waals surface area (Å²) >= 11 is 5.14. The van der Waals surface area contributed by atoms with E-state index in [1.807, 2.05) is 0 Å². The summed E-state index contributed by atoms with van der Waals surface area (Å²) in [7, 11) is 0.762. The van der Waals surface area contributed by atoms with E-state index in [2.05, 4.69) is 14.2 Å². The van der Waals surface area contributed by atoms with Crippen molar-refractivity contribution < 1.29 is 267 Å². The number of halogens is 34. The number of alkyl halides is 2. The molecule has 2 aliphatic rings. The van der Waals surface area contributed by atoms with Crippen molar-refractivity contribution in [3.63, 3.8) is 0 Å². The molecule has 0 aliphatic carbocycles. The van der Waals surface area contributed by atoms with E-state index in [1.165, 1.54) is 0 Å². The van der Waals surface area contributed by atoms with Crippen LogP contribution in [-0.2, 0) is 72.5 Å². The van der Waals surface area contributed by atoms with E-state index in [0.717, 1.165) is 39.8 Å². The number of carboxylic acids is 1. The number of aliphatic carboxylic acids is 1. The van der Waals surface area contributed by atoms with Gasteiger partial charge >= 0.3 is 47.8 Å². The molecule has 14 nitrogen and oxygen atoms in total. The molecule has 2 saturated heterocycles. The Morgan fingerprint density at radius 3 is 0.800 bits per heavy atom. The van der Waals surface area contributed by atoms with Crippen molar-refractivity contribution in [2.75, 3.05) is 99.7 Å². The third-order valence-corrected chi connectivity index (χ3v) is 18.9. The fourth-order valence-corrected chi connectivity index (χ4v) is 12.9. The van der Waals surface area contributed by atoms with E-state index in [0.29, 0.717) is 39.0 Å². The first-order chi connectivity index (χ1) is 55.1. The van der Waals surface area contributed by atoms with Crippen LogP contribution in [0.5, 0.6) is 0 Å². The third-order valence-electron chi connectivity index (χ3n) is 18.8. The molecule has 2 aliphatic heterocycles. The first kappa shape index (κ1) is 107. The Morgan fingerprint density at radius 1 is 0.350 bits per heavy atom. The molecule has 666 valence electrons. The molecule has 0 unspecified atom stereocenters. The summed E-state index contributed by atoms with van der Waals surface area (Å²) in [6.45, 7) is -8.38. The Bertz CT molecular complexity index is 4350. The minimum absolute atomic E-state index is 0. The number of hydrogen-bond donors (Lipinski definition) is 0. The first-order valence-corrected chi connectivity index (χ1v) is 34.4. The van der Waals surface area contributed by atoms with Gasteiger partial charge in [0.1, 0.15) is 65.6 Å². The number of benzene rings is 6. The smallest absolute Gasteiger partial charge is 1.00 e. The number of nitrogens with zero attached hydrogens (tertiary/aromatic N) is 4. The molecule has 6 aromatic carbocycles. The van der Waals surface area contributed by atoms with Gasteiger partial charge in [0.15, 0.2) is 146 Å². The molecular weight excluding hydrogens is 1880 g/mol. The van der Waals surface area contributed by atoms with Crippen molar-refractivity contribution in [3.05, 3.63) is 208 Å². The summed E-state index contributed by atoms with van der Waals surface area (Å²) in [6, 6.07) is -0.639. The number of rotatable bonds is 29. The van der Waals surface area contributed by atoms with Crippen LogP contribution in [-0.4, -0.2) is 142 Å². The van der Waals surface area contributed by atoms with E-state index in [4.69, 9.17) is 22.4 Å². The number of carbonyl (C=O) groups excluding carboxylic acids is 4. The number of quaternary nitrogens is 4.